The standard InChI is InChI=1S/C34H43ClF2N6O4/c1-22-6-5-15-43(22)32(45)28(33(2,3)4)13-17-46-21-23-12-16-42(20-23)30-27(29-11-14-39-41-29)18-24(19-38-30)31(44)40-25-7-9-26(10-8-25)47-34(35,36)37/h7-11,14,18-19,22-23,28H,5-6,12-13,15-17,20-21H2,1-4H3,(H,39,41)(H,40,44). The van der Waals surface area contributed by atoms with Crippen LogP contribution in [0.2, 0.25) is 0 Å². The first-order valence-electron chi connectivity index (χ1n) is 16.1. The van der Waals surface area contributed by atoms with Crippen molar-refractivity contribution in [2.24, 2.45) is 17.3 Å². The van der Waals surface area contributed by atoms with Crippen LogP contribution in [0.25, 0.3) is 11.3 Å². The molecule has 4 heterocycles. The average Bonchev–Trinajstić information content (AvgIpc) is 3.79. The van der Waals surface area contributed by atoms with Crippen molar-refractivity contribution in [2.45, 2.75) is 65.0 Å². The number of amides is 2. The number of alkyl halides is 3. The lowest BCUT2D eigenvalue weighted by Gasteiger charge is -2.34. The van der Waals surface area contributed by atoms with Crippen LogP contribution in [0.1, 0.15) is 63.7 Å². The lowest BCUT2D eigenvalue weighted by Crippen LogP contribution is -2.43. The number of benzene rings is 1. The summed E-state index contributed by atoms with van der Waals surface area (Å²) in [6.07, 6.45) is 6.91. The highest BCUT2D eigenvalue weighted by Gasteiger charge is 2.37. The molecule has 10 nitrogen and oxygen atoms in total. The number of aromatic amines is 1. The smallest absolute Gasteiger partial charge is 0.420 e. The molecule has 254 valence electrons. The van der Waals surface area contributed by atoms with Crippen LogP contribution in [0.4, 0.5) is 20.3 Å². The highest BCUT2D eigenvalue weighted by molar-refractivity contribution is 6.20. The zero-order valence-electron chi connectivity index (χ0n) is 27.3. The summed E-state index contributed by atoms with van der Waals surface area (Å²) in [4.78, 5) is 35.4. The molecule has 2 amide bonds. The van der Waals surface area contributed by atoms with Crippen molar-refractivity contribution in [3.05, 3.63) is 54.4 Å². The molecule has 2 N–H and O–H groups in total. The quantitative estimate of drug-likeness (QED) is 0.161. The Kier molecular flexibility index (Phi) is 10.7. The van der Waals surface area contributed by atoms with Gasteiger partial charge in [0, 0.05) is 79.4 Å². The number of likely N-dealkylation sites (tertiary alicyclic amines) is 1. The molecule has 0 spiro atoms. The minimum absolute atomic E-state index is 0.0858. The number of nitrogens with zero attached hydrogens (tertiary/aromatic N) is 4. The van der Waals surface area contributed by atoms with Crippen LogP contribution in [-0.4, -0.2) is 76.4 Å². The molecule has 0 aliphatic carbocycles. The number of halogens is 3. The van der Waals surface area contributed by atoms with E-state index in [0.717, 1.165) is 56.0 Å². The first-order chi connectivity index (χ1) is 22.3. The number of H-pyrrole nitrogens is 1. The van der Waals surface area contributed by atoms with Crippen LogP contribution in [0, 0.1) is 17.3 Å². The summed E-state index contributed by atoms with van der Waals surface area (Å²) in [5, 5.41) is 9.81. The average molecular weight is 673 g/mol. The molecule has 5 rings (SSSR count). The summed E-state index contributed by atoms with van der Waals surface area (Å²) in [6.45, 7) is 12.0. The number of hydrogen-bond acceptors (Lipinski definition) is 7. The second kappa shape index (κ2) is 14.6. The summed E-state index contributed by atoms with van der Waals surface area (Å²) < 4.78 is 36.3. The highest BCUT2D eigenvalue weighted by Crippen LogP contribution is 2.35. The van der Waals surface area contributed by atoms with E-state index in [-0.39, 0.29) is 23.0 Å². The van der Waals surface area contributed by atoms with E-state index in [4.69, 9.17) is 21.3 Å². The minimum Gasteiger partial charge on any atom is -0.420 e. The molecule has 2 aliphatic heterocycles. The molecular weight excluding hydrogens is 630 g/mol. The van der Waals surface area contributed by atoms with Crippen LogP contribution < -0.4 is 15.0 Å². The fourth-order valence-electron chi connectivity index (χ4n) is 6.38. The van der Waals surface area contributed by atoms with Gasteiger partial charge in [0.25, 0.3) is 5.91 Å². The van der Waals surface area contributed by atoms with Crippen molar-refractivity contribution in [2.75, 3.05) is 43.1 Å². The van der Waals surface area contributed by atoms with Gasteiger partial charge in [0.05, 0.1) is 17.9 Å². The van der Waals surface area contributed by atoms with Crippen molar-refractivity contribution in [3.63, 3.8) is 0 Å². The number of aromatic nitrogens is 3. The maximum absolute atomic E-state index is 13.4. The Morgan fingerprint density at radius 1 is 1.15 bits per heavy atom. The van der Waals surface area contributed by atoms with Gasteiger partial charge in [-0.3, -0.25) is 14.7 Å². The number of carbonyl (C=O) groups is 2. The molecule has 3 unspecified atom stereocenters. The minimum atomic E-state index is -3.83. The Morgan fingerprint density at radius 2 is 1.91 bits per heavy atom. The molecule has 1 aromatic carbocycles. The van der Waals surface area contributed by atoms with Crippen molar-refractivity contribution in [1.82, 2.24) is 20.1 Å². The van der Waals surface area contributed by atoms with Gasteiger partial charge in [-0.15, -0.1) is 8.78 Å². The lowest BCUT2D eigenvalue weighted by molar-refractivity contribution is -0.140. The van der Waals surface area contributed by atoms with E-state index >= 15 is 0 Å². The third kappa shape index (κ3) is 8.98. The molecule has 2 aliphatic rings. The maximum atomic E-state index is 13.4. The molecule has 0 saturated carbocycles. The molecular formula is C34H43ClF2N6O4. The van der Waals surface area contributed by atoms with E-state index in [1.165, 1.54) is 30.5 Å². The van der Waals surface area contributed by atoms with Crippen LogP contribution >= 0.6 is 11.6 Å². The number of anilines is 2. The van der Waals surface area contributed by atoms with E-state index in [1.54, 1.807) is 12.3 Å². The first kappa shape index (κ1) is 34.6. The van der Waals surface area contributed by atoms with E-state index < -0.39 is 11.5 Å². The van der Waals surface area contributed by atoms with Gasteiger partial charge in [0.1, 0.15) is 11.6 Å². The second-order valence-electron chi connectivity index (χ2n) is 13.5. The number of hydrogen-bond donors (Lipinski definition) is 2. The van der Waals surface area contributed by atoms with Gasteiger partial charge in [-0.05, 0) is 74.4 Å². The normalized spacial score (nSPS) is 19.2. The number of rotatable bonds is 12. The van der Waals surface area contributed by atoms with Gasteiger partial charge in [0.2, 0.25) is 5.91 Å². The Morgan fingerprint density at radius 3 is 2.55 bits per heavy atom. The SMILES string of the molecule is CC1CCCN1C(=O)C(CCOCC1CCN(c2ncc(C(=O)Nc3ccc(OC(F)(F)Cl)cc3)cc2-c2ccn[nH]2)C1)C(C)(C)C. The maximum Gasteiger partial charge on any atom is 0.487 e. The summed E-state index contributed by atoms with van der Waals surface area (Å²) in [6, 6.07) is 9.33. The number of nitrogens with one attached hydrogen (secondary N) is 2. The van der Waals surface area contributed by atoms with Crippen LogP contribution in [-0.2, 0) is 9.53 Å². The molecule has 3 aromatic rings. The van der Waals surface area contributed by atoms with Gasteiger partial charge in [-0.2, -0.15) is 5.10 Å². The second-order valence-corrected chi connectivity index (χ2v) is 13.9. The summed E-state index contributed by atoms with van der Waals surface area (Å²) >= 11 is 4.82. The van der Waals surface area contributed by atoms with Crippen molar-refractivity contribution < 1.29 is 27.8 Å². The summed E-state index contributed by atoms with van der Waals surface area (Å²) in [5.74, 6) is 0.630. The Labute approximate surface area is 279 Å². The van der Waals surface area contributed by atoms with Gasteiger partial charge in [-0.25, -0.2) is 4.98 Å². The van der Waals surface area contributed by atoms with Crippen molar-refractivity contribution in [3.8, 4) is 17.0 Å². The van der Waals surface area contributed by atoms with E-state index in [1.807, 2.05) is 11.0 Å². The zero-order valence-corrected chi connectivity index (χ0v) is 28.0. The first-order valence-corrected chi connectivity index (χ1v) is 16.5. The van der Waals surface area contributed by atoms with E-state index in [9.17, 15) is 18.4 Å². The number of carbonyl (C=O) groups excluding carboxylic acids is 2. The Hall–Kier alpha value is -3.77. The molecule has 3 atom stereocenters. The van der Waals surface area contributed by atoms with Gasteiger partial charge in [0.15, 0.2) is 0 Å². The van der Waals surface area contributed by atoms with E-state index in [0.29, 0.717) is 42.8 Å². The Bertz CT molecular complexity index is 1510. The van der Waals surface area contributed by atoms with Crippen LogP contribution in [0.15, 0.2) is 48.8 Å². The molecule has 0 bridgehead atoms. The highest BCUT2D eigenvalue weighted by atomic mass is 35.5. The molecule has 2 saturated heterocycles. The van der Waals surface area contributed by atoms with Crippen LogP contribution in [0.5, 0.6) is 5.75 Å². The van der Waals surface area contributed by atoms with Gasteiger partial charge in [-0.1, -0.05) is 20.8 Å². The summed E-state index contributed by atoms with van der Waals surface area (Å²) in [5.41, 5.74) is -1.82. The van der Waals surface area contributed by atoms with Gasteiger partial charge < -0.3 is 24.6 Å². The van der Waals surface area contributed by atoms with Crippen LogP contribution in [0.3, 0.4) is 0 Å². The predicted octanol–water partition coefficient (Wildman–Crippen LogP) is 6.80. The lowest BCUT2D eigenvalue weighted by atomic mass is 9.78. The molecule has 13 heteroatoms. The van der Waals surface area contributed by atoms with E-state index in [2.05, 4.69) is 52.8 Å². The fraction of sp³-hybridized carbons (Fsp3) is 0.529. The Balaban J connectivity index is 1.19. The van der Waals surface area contributed by atoms with Gasteiger partial charge >= 0.3 is 5.57 Å². The monoisotopic (exact) mass is 672 g/mol. The predicted molar refractivity (Wildman–Crippen MR) is 177 cm³/mol. The topological polar surface area (TPSA) is 113 Å². The zero-order chi connectivity index (χ0) is 33.8. The largest absolute Gasteiger partial charge is 0.487 e. The molecule has 47 heavy (non-hydrogen) atoms. The fourth-order valence-corrected chi connectivity index (χ4v) is 6.47. The van der Waals surface area contributed by atoms with Crippen molar-refractivity contribution >= 4 is 34.9 Å². The molecule has 2 aromatic heterocycles. The van der Waals surface area contributed by atoms with Crippen molar-refractivity contribution in [1.29, 1.82) is 0 Å². The third-order valence-electron chi connectivity index (χ3n) is 8.93. The number of pyridine rings is 1. The molecule has 0 radical (unpaired) electrons. The summed E-state index contributed by atoms with van der Waals surface area (Å²) in [7, 11) is 0. The molecule has 2 fully saturated rings. The third-order valence-corrected chi connectivity index (χ3v) is 9.01. The number of ether oxygens (including phenoxy) is 2.